The zero-order valence-electron chi connectivity index (χ0n) is 29.4. The van der Waals surface area contributed by atoms with Gasteiger partial charge in [-0.3, -0.25) is 4.55 Å². The number of nitrogens with zero attached hydrogens (tertiary/aromatic N) is 6. The van der Waals surface area contributed by atoms with Crippen molar-refractivity contribution in [2.24, 2.45) is 0 Å². The van der Waals surface area contributed by atoms with Crippen molar-refractivity contribution in [3.05, 3.63) is 108 Å². The molecule has 0 bridgehead atoms. The molecule has 0 saturated heterocycles. The summed E-state index contributed by atoms with van der Waals surface area (Å²) in [6.07, 6.45) is 2.49. The molecule has 0 aliphatic carbocycles. The van der Waals surface area contributed by atoms with Crippen molar-refractivity contribution < 1.29 is 55.5 Å². The Kier molecular flexibility index (Phi) is 12.9. The molecule has 276 valence electrons. The van der Waals surface area contributed by atoms with Crippen molar-refractivity contribution in [1.29, 1.82) is 0 Å². The molecular weight excluding hydrogens is 760 g/mol. The van der Waals surface area contributed by atoms with E-state index in [9.17, 15) is 25.9 Å². The molecule has 0 spiro atoms. The third-order valence-corrected chi connectivity index (χ3v) is 9.11. The molecule has 18 nitrogen and oxygen atoms in total. The molecule has 55 heavy (non-hydrogen) atoms. The summed E-state index contributed by atoms with van der Waals surface area (Å²) in [5.74, 6) is 0.907. The molecule has 0 atom stereocenters. The maximum absolute atomic E-state index is 12.5. The Bertz CT molecular complexity index is 2380. The van der Waals surface area contributed by atoms with Crippen LogP contribution in [0.25, 0.3) is 12.2 Å². The van der Waals surface area contributed by atoms with E-state index in [1.165, 1.54) is 36.4 Å². The van der Waals surface area contributed by atoms with Gasteiger partial charge in [0.05, 0.1) is 4.90 Å². The van der Waals surface area contributed by atoms with Gasteiger partial charge in [0.25, 0.3) is 10.1 Å². The molecule has 0 amide bonds. The third kappa shape index (κ3) is 10.9. The monoisotopic (exact) mass is 790 g/mol. The minimum Gasteiger partial charge on any atom is -0.744 e. The maximum atomic E-state index is 12.5. The Morgan fingerprint density at radius 2 is 0.855 bits per heavy atom. The molecule has 0 fully saturated rings. The molecule has 21 heteroatoms. The van der Waals surface area contributed by atoms with E-state index in [0.29, 0.717) is 5.69 Å². The van der Waals surface area contributed by atoms with Gasteiger partial charge in [0.15, 0.2) is 0 Å². The molecule has 2 aromatic heterocycles. The van der Waals surface area contributed by atoms with Crippen molar-refractivity contribution >= 4 is 90.8 Å². The van der Waals surface area contributed by atoms with Crippen molar-refractivity contribution in [3.8, 4) is 0 Å². The van der Waals surface area contributed by atoms with Gasteiger partial charge in [0.1, 0.15) is 15.0 Å². The molecule has 6 rings (SSSR count). The maximum Gasteiger partial charge on any atom is 1.00 e. The van der Waals surface area contributed by atoms with Gasteiger partial charge in [0, 0.05) is 36.8 Å². The summed E-state index contributed by atoms with van der Waals surface area (Å²) in [5, 5.41) is 17.6. The summed E-state index contributed by atoms with van der Waals surface area (Å²) in [4.78, 5) is 24.6. The van der Waals surface area contributed by atoms with Crippen molar-refractivity contribution in [2.75, 3.05) is 46.0 Å². The Balaban J connectivity index is 0.00000580. The summed E-state index contributed by atoms with van der Waals surface area (Å²) >= 11 is 0. The molecule has 0 radical (unpaired) electrons. The second-order valence-electron chi connectivity index (χ2n) is 11.1. The second kappa shape index (κ2) is 17.6. The van der Waals surface area contributed by atoms with E-state index in [4.69, 9.17) is 0 Å². The van der Waals surface area contributed by atoms with Gasteiger partial charge in [-0.25, -0.2) is 8.42 Å². The fraction of sp³-hybridized carbons (Fsp3) is 0.0588. The minimum absolute atomic E-state index is 0. The van der Waals surface area contributed by atoms with Crippen LogP contribution in [-0.2, 0) is 20.2 Å². The van der Waals surface area contributed by atoms with E-state index in [1.807, 2.05) is 60.7 Å². The topological polar surface area (TPSA) is 261 Å². The smallest absolute Gasteiger partial charge is 0.744 e. The molecule has 4 aromatic carbocycles. The number of hydrogen-bond donors (Lipinski definition) is 7. The Morgan fingerprint density at radius 3 is 1.22 bits per heavy atom. The van der Waals surface area contributed by atoms with E-state index < -0.39 is 30.0 Å². The van der Waals surface area contributed by atoms with E-state index in [0.717, 1.165) is 17.8 Å². The van der Waals surface area contributed by atoms with Crippen LogP contribution in [0.15, 0.2) is 107 Å². The van der Waals surface area contributed by atoms with Gasteiger partial charge in [-0.2, -0.15) is 38.3 Å². The van der Waals surface area contributed by atoms with Crippen LogP contribution < -0.4 is 61.5 Å². The fourth-order valence-electron chi connectivity index (χ4n) is 4.88. The summed E-state index contributed by atoms with van der Waals surface area (Å²) in [5.41, 5.74) is 1.72. The predicted octanol–water partition coefficient (Wildman–Crippen LogP) is 2.44. The molecule has 0 aliphatic heterocycles. The van der Waals surface area contributed by atoms with Gasteiger partial charge in [-0.15, -0.1) is 0 Å². The molecule has 0 aliphatic rings. The fourth-order valence-corrected chi connectivity index (χ4v) is 6.28. The summed E-state index contributed by atoms with van der Waals surface area (Å²) in [6.45, 7) is 0. The van der Waals surface area contributed by atoms with Crippen LogP contribution in [0.4, 0.5) is 58.4 Å². The minimum atomic E-state index is -5.05. The molecule has 7 N–H and O–H groups in total. The zero-order valence-corrected chi connectivity index (χ0v) is 33.0. The van der Waals surface area contributed by atoms with Gasteiger partial charge in [0.2, 0.25) is 35.7 Å². The molecule has 6 aromatic rings. The number of nitrogens with one attached hydrogen (secondary N) is 6. The summed E-state index contributed by atoms with van der Waals surface area (Å²) in [7, 11) is -6.63. The first-order valence-corrected chi connectivity index (χ1v) is 18.7. The van der Waals surface area contributed by atoms with Gasteiger partial charge < -0.3 is 36.5 Å². The Morgan fingerprint density at radius 1 is 0.509 bits per heavy atom. The van der Waals surface area contributed by atoms with E-state index in [1.54, 1.807) is 14.1 Å². The molecular formula is C34H31N12NaO6S2. The van der Waals surface area contributed by atoms with Gasteiger partial charge >= 0.3 is 29.6 Å². The van der Waals surface area contributed by atoms with Crippen LogP contribution in [0.2, 0.25) is 0 Å². The zero-order chi connectivity index (χ0) is 38.3. The number of para-hydroxylation sites is 2. The largest absolute Gasteiger partial charge is 1.00 e. The van der Waals surface area contributed by atoms with Gasteiger partial charge in [-0.05, 0) is 59.7 Å². The number of rotatable bonds is 14. The first kappa shape index (κ1) is 40.4. The predicted molar refractivity (Wildman–Crippen MR) is 204 cm³/mol. The average Bonchev–Trinajstić information content (AvgIpc) is 3.14. The molecule has 0 saturated carbocycles. The number of anilines is 10. The summed E-state index contributed by atoms with van der Waals surface area (Å²) in [6, 6.07) is 26.2. The number of hydrogen-bond acceptors (Lipinski definition) is 17. The van der Waals surface area contributed by atoms with Crippen molar-refractivity contribution in [2.45, 2.75) is 9.79 Å². The van der Waals surface area contributed by atoms with Crippen LogP contribution >= 0.6 is 0 Å². The van der Waals surface area contributed by atoms with Crippen molar-refractivity contribution in [3.63, 3.8) is 0 Å². The third-order valence-electron chi connectivity index (χ3n) is 7.31. The second-order valence-corrected chi connectivity index (χ2v) is 13.9. The number of benzene rings is 4. The Hall–Kier alpha value is -5.74. The van der Waals surface area contributed by atoms with E-state index >= 15 is 0 Å². The molecule has 0 unspecified atom stereocenters. The van der Waals surface area contributed by atoms with Gasteiger partial charge in [-0.1, -0.05) is 60.7 Å². The van der Waals surface area contributed by atoms with Crippen LogP contribution in [0.5, 0.6) is 0 Å². The van der Waals surface area contributed by atoms with Crippen molar-refractivity contribution in [1.82, 2.24) is 29.9 Å². The Labute approximate surface area is 338 Å². The average molecular weight is 791 g/mol. The first-order valence-electron chi connectivity index (χ1n) is 15.8. The van der Waals surface area contributed by atoms with Crippen LogP contribution in [0.1, 0.15) is 11.1 Å². The van der Waals surface area contributed by atoms with Crippen LogP contribution in [0.3, 0.4) is 0 Å². The van der Waals surface area contributed by atoms with E-state index in [-0.39, 0.29) is 87.7 Å². The first-order chi connectivity index (χ1) is 25.9. The number of aromatic nitrogens is 6. The van der Waals surface area contributed by atoms with E-state index in [2.05, 4.69) is 61.8 Å². The SMILES string of the molecule is CNc1nc(Nc2ccccc2)nc(Nc2ccc(C=Cc3ccc(Nc4nc(NC)nc(Nc5ccccc5)n4)cc3S(=O)(=O)O)c(S(=O)(=O)[O-])c2)n1.[Na+]. The quantitative estimate of drug-likeness (QED) is 0.0475. The standard InChI is InChI=1S/C34H32N12O6S2.Na/c1-35-29-41-31(37-23-9-5-3-6-10-23)45-33(43-29)39-25-17-15-21(27(19-25)53(47,48)49)13-14-22-16-18-26(20-28(22)54(50,51)52)40-34-44-30(36-2)42-32(46-34)38-24-11-7-4-8-12-24;/h3-20H,1-2H3,(H,47,48,49)(H,50,51,52)(H3,35,37,39,41,43,45)(H3,36,38,40,42,44,46);/q;+1/p-1. The van der Waals surface area contributed by atoms with Crippen LogP contribution in [-0.4, -0.2) is 69.9 Å². The molecule has 2 heterocycles. The van der Waals surface area contributed by atoms with Crippen LogP contribution in [0, 0.1) is 0 Å². The normalized spacial score (nSPS) is 11.3. The summed E-state index contributed by atoms with van der Waals surface area (Å²) < 4.78 is 72.3.